The summed E-state index contributed by atoms with van der Waals surface area (Å²) in [5, 5.41) is 0. The number of fused-ring (bicyclic) bond motifs is 12. The van der Waals surface area contributed by atoms with Crippen LogP contribution in [-0.4, -0.2) is 0 Å². The van der Waals surface area contributed by atoms with Gasteiger partial charge in [0.2, 0.25) is 0 Å². The lowest BCUT2D eigenvalue weighted by Crippen LogP contribution is -2.34. The van der Waals surface area contributed by atoms with E-state index in [1.54, 1.807) is 0 Å². The Bertz CT molecular complexity index is 3370. The van der Waals surface area contributed by atoms with E-state index in [-0.39, 0.29) is 10.8 Å². The van der Waals surface area contributed by atoms with Crippen molar-refractivity contribution in [1.82, 2.24) is 0 Å². The molecule has 312 valence electrons. The van der Waals surface area contributed by atoms with Crippen LogP contribution < -0.4 is 9.64 Å². The van der Waals surface area contributed by atoms with Crippen LogP contribution in [0.2, 0.25) is 0 Å². The van der Waals surface area contributed by atoms with Crippen molar-refractivity contribution in [3.8, 4) is 33.8 Å². The molecule has 13 rings (SSSR count). The van der Waals surface area contributed by atoms with Crippen LogP contribution >= 0.6 is 23.5 Å². The van der Waals surface area contributed by atoms with Gasteiger partial charge in [-0.2, -0.15) is 0 Å². The zero-order valence-corrected chi connectivity index (χ0v) is 38.4. The summed E-state index contributed by atoms with van der Waals surface area (Å²) in [5.41, 5.74) is 17.6. The second-order valence-corrected chi connectivity index (χ2v) is 20.9. The fourth-order valence-electron chi connectivity index (χ4n) is 11.6. The van der Waals surface area contributed by atoms with Gasteiger partial charge in [-0.15, -0.1) is 0 Å². The third kappa shape index (κ3) is 5.45. The molecule has 0 radical (unpaired) electrons. The molecule has 65 heavy (non-hydrogen) atoms. The van der Waals surface area contributed by atoms with E-state index in [0.717, 1.165) is 39.7 Å². The highest BCUT2D eigenvalue weighted by Gasteiger charge is 2.49. The Morgan fingerprint density at radius 3 is 1.54 bits per heavy atom. The van der Waals surface area contributed by atoms with Crippen LogP contribution in [0.4, 0.5) is 17.1 Å². The van der Waals surface area contributed by atoms with E-state index in [4.69, 9.17) is 4.74 Å². The van der Waals surface area contributed by atoms with Gasteiger partial charge in [-0.25, -0.2) is 0 Å². The van der Waals surface area contributed by atoms with Crippen molar-refractivity contribution in [2.24, 2.45) is 0 Å². The van der Waals surface area contributed by atoms with Gasteiger partial charge in [-0.05, 0) is 105 Å². The monoisotopic (exact) mass is 871 g/mol. The van der Waals surface area contributed by atoms with Gasteiger partial charge in [0.15, 0.2) is 0 Å². The van der Waals surface area contributed by atoms with E-state index in [0.29, 0.717) is 0 Å². The van der Waals surface area contributed by atoms with Crippen molar-refractivity contribution >= 4 is 40.6 Å². The highest BCUT2D eigenvalue weighted by atomic mass is 32.2. The number of benzene rings is 9. The number of nitrogens with zero attached hydrogens (tertiary/aromatic N) is 1. The molecular formula is C61H45NOS2. The van der Waals surface area contributed by atoms with Gasteiger partial charge in [0.1, 0.15) is 11.5 Å². The third-order valence-electron chi connectivity index (χ3n) is 14.7. The molecule has 0 unspecified atom stereocenters. The van der Waals surface area contributed by atoms with Gasteiger partial charge in [-0.3, -0.25) is 0 Å². The van der Waals surface area contributed by atoms with Crippen molar-refractivity contribution in [2.75, 3.05) is 4.90 Å². The first-order valence-electron chi connectivity index (χ1n) is 22.6. The largest absolute Gasteiger partial charge is 0.456 e. The van der Waals surface area contributed by atoms with E-state index in [1.807, 2.05) is 23.5 Å². The predicted octanol–water partition coefficient (Wildman–Crippen LogP) is 16.9. The Hall–Kier alpha value is -6.72. The summed E-state index contributed by atoms with van der Waals surface area (Å²) in [6.45, 7) is 9.55. The van der Waals surface area contributed by atoms with E-state index < -0.39 is 5.41 Å². The predicted molar refractivity (Wildman–Crippen MR) is 269 cm³/mol. The number of hydrogen-bond acceptors (Lipinski definition) is 4. The molecule has 0 spiro atoms. The zero-order chi connectivity index (χ0) is 43.7. The second-order valence-electron chi connectivity index (χ2n) is 18.8. The average molecular weight is 872 g/mol. The first kappa shape index (κ1) is 38.7. The van der Waals surface area contributed by atoms with Gasteiger partial charge in [0.05, 0.1) is 5.41 Å². The first-order valence-corrected chi connectivity index (χ1v) is 24.2. The number of anilines is 3. The van der Waals surface area contributed by atoms with Crippen LogP contribution in [0.1, 0.15) is 72.2 Å². The standard InChI is InChI=1S/C61H45NOS2/c1-59(2)46-32-33-48-57(63-51-25-15-14-24-45(51)61(48,38-18-8-5-9-19-38)39-20-10-6-11-21-39)55(46)43-30-28-41(36-49(43)59)62(40-22-12-7-13-23-40)42-29-31-44-50(37-42)60(3,4)47-34-35-54-58(56(44)47)65-53-27-17-16-26-52(53)64-54/h5-37H,1-4H3. The molecule has 0 aromatic heterocycles. The third-order valence-corrected chi connectivity index (χ3v) is 17.2. The molecular weight excluding hydrogens is 827 g/mol. The van der Waals surface area contributed by atoms with Gasteiger partial charge >= 0.3 is 0 Å². The quantitative estimate of drug-likeness (QED) is 0.171. The minimum Gasteiger partial charge on any atom is -0.456 e. The molecule has 2 nitrogen and oxygen atoms in total. The molecule has 9 aromatic carbocycles. The number of hydrogen-bond donors (Lipinski definition) is 0. The van der Waals surface area contributed by atoms with Crippen molar-refractivity contribution in [3.05, 3.63) is 245 Å². The Morgan fingerprint density at radius 2 is 0.892 bits per heavy atom. The van der Waals surface area contributed by atoms with Crippen LogP contribution in [-0.2, 0) is 16.2 Å². The molecule has 4 heteroatoms. The maximum Gasteiger partial charge on any atom is 0.140 e. The van der Waals surface area contributed by atoms with E-state index >= 15 is 0 Å². The zero-order valence-electron chi connectivity index (χ0n) is 36.7. The second kappa shape index (κ2) is 14.1. The van der Waals surface area contributed by atoms with E-state index in [2.05, 4.69) is 233 Å². The molecule has 2 aliphatic carbocycles. The van der Waals surface area contributed by atoms with Crippen molar-refractivity contribution < 1.29 is 4.74 Å². The molecule has 2 aliphatic heterocycles. The summed E-state index contributed by atoms with van der Waals surface area (Å²) < 4.78 is 7.21. The summed E-state index contributed by atoms with van der Waals surface area (Å²) in [5.74, 6) is 1.83. The SMILES string of the molecule is CC1(C)c2cc(N(c3ccccc3)c3ccc4c(c3)C(C)(C)c3ccc5c(c3-4)Sc3ccccc3S5)ccc2-c2c1ccc1c2Oc2ccccc2C1(c1ccccc1)c1ccccc1. The van der Waals surface area contributed by atoms with Crippen molar-refractivity contribution in [2.45, 2.75) is 63.5 Å². The topological polar surface area (TPSA) is 12.5 Å². The molecule has 0 bridgehead atoms. The Labute approximate surface area is 390 Å². The van der Waals surface area contributed by atoms with Crippen LogP contribution in [0.3, 0.4) is 0 Å². The molecule has 0 fully saturated rings. The van der Waals surface area contributed by atoms with E-state index in [9.17, 15) is 0 Å². The van der Waals surface area contributed by atoms with Crippen LogP contribution in [0.5, 0.6) is 11.5 Å². The maximum atomic E-state index is 7.21. The molecule has 9 aromatic rings. The number of para-hydroxylation sites is 2. The van der Waals surface area contributed by atoms with Gasteiger partial charge < -0.3 is 9.64 Å². The lowest BCUT2D eigenvalue weighted by molar-refractivity contribution is 0.435. The van der Waals surface area contributed by atoms with Crippen molar-refractivity contribution in [3.63, 3.8) is 0 Å². The molecule has 0 saturated carbocycles. The summed E-state index contributed by atoms with van der Waals surface area (Å²) in [4.78, 5) is 7.84. The molecule has 0 amide bonds. The molecule has 0 saturated heterocycles. The van der Waals surface area contributed by atoms with Gasteiger partial charge in [-0.1, -0.05) is 191 Å². The minimum atomic E-state index is -0.582. The number of ether oxygens (including phenoxy) is 1. The smallest absolute Gasteiger partial charge is 0.140 e. The highest BCUT2D eigenvalue weighted by molar-refractivity contribution is 8.05. The Kier molecular flexibility index (Phi) is 8.42. The highest BCUT2D eigenvalue weighted by Crippen LogP contribution is 2.63. The lowest BCUT2D eigenvalue weighted by atomic mass is 9.63. The Morgan fingerprint density at radius 1 is 0.385 bits per heavy atom. The Balaban J connectivity index is 0.974. The first-order chi connectivity index (χ1) is 31.7. The normalized spacial score (nSPS) is 15.8. The summed E-state index contributed by atoms with van der Waals surface area (Å²) in [6.07, 6.45) is 0. The lowest BCUT2D eigenvalue weighted by Gasteiger charge is -2.42. The molecule has 0 N–H and O–H groups in total. The summed E-state index contributed by atoms with van der Waals surface area (Å²) >= 11 is 3.82. The fraction of sp³-hybridized carbons (Fsp3) is 0.115. The van der Waals surface area contributed by atoms with Crippen LogP contribution in [0, 0.1) is 0 Å². The fourth-order valence-corrected chi connectivity index (χ4v) is 14.0. The summed E-state index contributed by atoms with van der Waals surface area (Å²) in [6, 6.07) is 74.1. The van der Waals surface area contributed by atoms with Gasteiger partial charge in [0, 0.05) is 69.7 Å². The van der Waals surface area contributed by atoms with Crippen LogP contribution in [0.15, 0.2) is 220 Å². The van der Waals surface area contributed by atoms with Crippen LogP contribution in [0.25, 0.3) is 22.3 Å². The summed E-state index contributed by atoms with van der Waals surface area (Å²) in [7, 11) is 0. The molecule has 4 aliphatic rings. The van der Waals surface area contributed by atoms with Crippen molar-refractivity contribution in [1.29, 1.82) is 0 Å². The molecule has 2 heterocycles. The number of rotatable bonds is 5. The average Bonchev–Trinajstić information content (AvgIpc) is 3.72. The molecule has 0 atom stereocenters. The maximum absolute atomic E-state index is 7.21. The minimum absolute atomic E-state index is 0.172. The van der Waals surface area contributed by atoms with Gasteiger partial charge in [0.25, 0.3) is 0 Å². The van der Waals surface area contributed by atoms with E-state index in [1.165, 1.54) is 75.2 Å².